The van der Waals surface area contributed by atoms with Crippen LogP contribution in [0.2, 0.25) is 0 Å². The van der Waals surface area contributed by atoms with Gasteiger partial charge in [0.25, 0.3) is 0 Å². The van der Waals surface area contributed by atoms with E-state index in [9.17, 15) is 9.59 Å². The molecule has 2 saturated heterocycles. The molecule has 2 aliphatic rings. The molecule has 16 heavy (non-hydrogen) atoms. The highest BCUT2D eigenvalue weighted by molar-refractivity contribution is 5.86. The standard InChI is InChI=1S/C11H18N2O3/c1-6(11(15)16-2)12-10(14)8-5-7-3-4-9(8)13-7/h6-9,13H,3-5H2,1-2H3,(H,12,14). The first-order valence-corrected chi connectivity index (χ1v) is 5.76. The van der Waals surface area contributed by atoms with Crippen molar-refractivity contribution in [3.05, 3.63) is 0 Å². The summed E-state index contributed by atoms with van der Waals surface area (Å²) in [4.78, 5) is 23.1. The molecule has 1 amide bonds. The smallest absolute Gasteiger partial charge is 0.328 e. The van der Waals surface area contributed by atoms with Crippen LogP contribution in [0.4, 0.5) is 0 Å². The monoisotopic (exact) mass is 226 g/mol. The minimum atomic E-state index is -0.559. The summed E-state index contributed by atoms with van der Waals surface area (Å²) in [6.45, 7) is 1.64. The molecule has 0 aromatic heterocycles. The van der Waals surface area contributed by atoms with E-state index in [-0.39, 0.29) is 11.8 Å². The van der Waals surface area contributed by atoms with E-state index in [0.29, 0.717) is 12.1 Å². The second kappa shape index (κ2) is 4.41. The molecular formula is C11H18N2O3. The number of rotatable bonds is 3. The zero-order valence-electron chi connectivity index (χ0n) is 9.66. The molecular weight excluding hydrogens is 208 g/mol. The van der Waals surface area contributed by atoms with Gasteiger partial charge in [-0.25, -0.2) is 4.79 Å². The van der Waals surface area contributed by atoms with Crippen LogP contribution in [0.25, 0.3) is 0 Å². The molecule has 2 heterocycles. The highest BCUT2D eigenvalue weighted by Crippen LogP contribution is 2.33. The van der Waals surface area contributed by atoms with Crippen LogP contribution in [0.3, 0.4) is 0 Å². The van der Waals surface area contributed by atoms with E-state index in [1.807, 2.05) is 0 Å². The summed E-state index contributed by atoms with van der Waals surface area (Å²) in [6.07, 6.45) is 3.13. The molecule has 2 aliphatic heterocycles. The highest BCUT2D eigenvalue weighted by atomic mass is 16.5. The van der Waals surface area contributed by atoms with Crippen molar-refractivity contribution < 1.29 is 14.3 Å². The first-order valence-electron chi connectivity index (χ1n) is 5.76. The number of esters is 1. The molecule has 4 unspecified atom stereocenters. The largest absolute Gasteiger partial charge is 0.467 e. The van der Waals surface area contributed by atoms with Gasteiger partial charge >= 0.3 is 5.97 Å². The number of ether oxygens (including phenoxy) is 1. The summed E-state index contributed by atoms with van der Waals surface area (Å²) in [5.41, 5.74) is 0. The molecule has 0 aromatic rings. The van der Waals surface area contributed by atoms with Gasteiger partial charge in [0.1, 0.15) is 6.04 Å². The van der Waals surface area contributed by atoms with Crippen molar-refractivity contribution >= 4 is 11.9 Å². The Labute approximate surface area is 94.9 Å². The Balaban J connectivity index is 1.87. The van der Waals surface area contributed by atoms with Gasteiger partial charge in [0, 0.05) is 12.1 Å². The van der Waals surface area contributed by atoms with Crippen LogP contribution in [-0.2, 0) is 14.3 Å². The summed E-state index contributed by atoms with van der Waals surface area (Å²) < 4.78 is 4.57. The van der Waals surface area contributed by atoms with Gasteiger partial charge in [-0.15, -0.1) is 0 Å². The van der Waals surface area contributed by atoms with Crippen molar-refractivity contribution in [1.29, 1.82) is 0 Å². The van der Waals surface area contributed by atoms with Crippen LogP contribution in [0.15, 0.2) is 0 Å². The van der Waals surface area contributed by atoms with Crippen molar-refractivity contribution in [2.24, 2.45) is 5.92 Å². The van der Waals surface area contributed by atoms with Gasteiger partial charge in [-0.2, -0.15) is 0 Å². The minimum absolute atomic E-state index is 0.0193. The molecule has 0 aliphatic carbocycles. The predicted molar refractivity (Wildman–Crippen MR) is 57.7 cm³/mol. The first-order chi connectivity index (χ1) is 7.61. The molecule has 2 N–H and O–H groups in total. The van der Waals surface area contributed by atoms with Gasteiger partial charge in [0.05, 0.1) is 13.0 Å². The van der Waals surface area contributed by atoms with Gasteiger partial charge in [0.2, 0.25) is 5.91 Å². The third kappa shape index (κ3) is 2.04. The van der Waals surface area contributed by atoms with E-state index in [1.165, 1.54) is 13.5 Å². The normalized spacial score (nSPS) is 33.5. The molecule has 5 heteroatoms. The van der Waals surface area contributed by atoms with Crippen LogP contribution in [0.1, 0.15) is 26.2 Å². The fraction of sp³-hybridized carbons (Fsp3) is 0.818. The number of fused-ring (bicyclic) bond motifs is 2. The second-order valence-corrected chi connectivity index (χ2v) is 4.64. The third-order valence-corrected chi connectivity index (χ3v) is 3.55. The summed E-state index contributed by atoms with van der Waals surface area (Å²) in [5.74, 6) is -0.409. The van der Waals surface area contributed by atoms with Crippen molar-refractivity contribution in [1.82, 2.24) is 10.6 Å². The van der Waals surface area contributed by atoms with Crippen LogP contribution in [-0.4, -0.2) is 37.1 Å². The Bertz CT molecular complexity index is 306. The lowest BCUT2D eigenvalue weighted by Crippen LogP contribution is -2.45. The number of amides is 1. The van der Waals surface area contributed by atoms with Crippen molar-refractivity contribution in [2.45, 2.75) is 44.3 Å². The zero-order chi connectivity index (χ0) is 11.7. The molecule has 2 fully saturated rings. The predicted octanol–water partition coefficient (Wildman–Crippen LogP) is -0.195. The molecule has 0 spiro atoms. The van der Waals surface area contributed by atoms with E-state index in [1.54, 1.807) is 6.92 Å². The molecule has 90 valence electrons. The molecule has 0 radical (unpaired) electrons. The molecule has 4 atom stereocenters. The first kappa shape index (κ1) is 11.4. The summed E-state index contributed by atoms with van der Waals surface area (Å²) >= 11 is 0. The van der Waals surface area contributed by atoms with Crippen molar-refractivity contribution in [3.8, 4) is 0 Å². The Morgan fingerprint density at radius 2 is 2.19 bits per heavy atom. The SMILES string of the molecule is COC(=O)C(C)NC(=O)C1CC2CCC1N2. The highest BCUT2D eigenvalue weighted by Gasteiger charge is 2.43. The lowest BCUT2D eigenvalue weighted by atomic mass is 9.88. The Hall–Kier alpha value is -1.10. The Morgan fingerprint density at radius 1 is 1.44 bits per heavy atom. The molecule has 2 rings (SSSR count). The minimum Gasteiger partial charge on any atom is -0.467 e. The number of methoxy groups -OCH3 is 1. The van der Waals surface area contributed by atoms with E-state index >= 15 is 0 Å². The average Bonchev–Trinajstić information content (AvgIpc) is 2.89. The average molecular weight is 226 g/mol. The number of carbonyl (C=O) groups excluding carboxylic acids is 2. The Morgan fingerprint density at radius 3 is 2.69 bits per heavy atom. The lowest BCUT2D eigenvalue weighted by molar-refractivity contribution is -0.145. The third-order valence-electron chi connectivity index (χ3n) is 3.55. The molecule has 5 nitrogen and oxygen atoms in total. The van der Waals surface area contributed by atoms with Gasteiger partial charge < -0.3 is 15.4 Å². The fourth-order valence-corrected chi connectivity index (χ4v) is 2.67. The summed E-state index contributed by atoms with van der Waals surface area (Å²) in [6, 6.07) is 0.237. The number of hydrogen-bond donors (Lipinski definition) is 2. The van der Waals surface area contributed by atoms with Crippen molar-refractivity contribution in [2.75, 3.05) is 7.11 Å². The summed E-state index contributed by atoms with van der Waals surface area (Å²) in [7, 11) is 1.32. The number of nitrogens with one attached hydrogen (secondary N) is 2. The van der Waals surface area contributed by atoms with Crippen LogP contribution in [0.5, 0.6) is 0 Å². The Kier molecular flexibility index (Phi) is 3.14. The molecule has 0 saturated carbocycles. The zero-order valence-corrected chi connectivity index (χ0v) is 9.66. The van der Waals surface area contributed by atoms with Gasteiger partial charge in [0.15, 0.2) is 0 Å². The molecule has 0 aromatic carbocycles. The van der Waals surface area contributed by atoms with E-state index in [4.69, 9.17) is 0 Å². The van der Waals surface area contributed by atoms with E-state index < -0.39 is 12.0 Å². The maximum atomic E-state index is 11.9. The van der Waals surface area contributed by atoms with Crippen LogP contribution < -0.4 is 10.6 Å². The van der Waals surface area contributed by atoms with Crippen molar-refractivity contribution in [3.63, 3.8) is 0 Å². The van der Waals surface area contributed by atoms with Crippen LogP contribution in [0, 0.1) is 5.92 Å². The molecule has 2 bridgehead atoms. The van der Waals surface area contributed by atoms with Gasteiger partial charge in [-0.1, -0.05) is 0 Å². The van der Waals surface area contributed by atoms with E-state index in [2.05, 4.69) is 15.4 Å². The number of carbonyl (C=O) groups is 2. The fourth-order valence-electron chi connectivity index (χ4n) is 2.67. The maximum absolute atomic E-state index is 11.9. The lowest BCUT2D eigenvalue weighted by Gasteiger charge is -2.21. The second-order valence-electron chi connectivity index (χ2n) is 4.64. The quantitative estimate of drug-likeness (QED) is 0.654. The summed E-state index contributed by atoms with van der Waals surface area (Å²) in [5, 5.41) is 6.10. The maximum Gasteiger partial charge on any atom is 0.328 e. The topological polar surface area (TPSA) is 67.4 Å². The van der Waals surface area contributed by atoms with Crippen LogP contribution >= 0.6 is 0 Å². The van der Waals surface area contributed by atoms with E-state index in [0.717, 1.165) is 12.8 Å². The van der Waals surface area contributed by atoms with Gasteiger partial charge in [-0.05, 0) is 26.2 Å². The van der Waals surface area contributed by atoms with Gasteiger partial charge in [-0.3, -0.25) is 4.79 Å². The number of hydrogen-bond acceptors (Lipinski definition) is 4.